The number of carbonyl (C=O) groups excluding carboxylic acids is 1. The quantitative estimate of drug-likeness (QED) is 0.745. The predicted octanol–water partition coefficient (Wildman–Crippen LogP) is 1.39. The standard InChI is InChI=1S/C12H13N3O2/c16-11-9-5-1-2-6-10(9)15(13-11)12(17)14-7-3-4-8-14/h1-2,5-6H,3-4,7-8H2,(H,13,16). The topological polar surface area (TPSA) is 58.1 Å². The minimum absolute atomic E-state index is 0.138. The van der Waals surface area contributed by atoms with E-state index in [9.17, 15) is 9.59 Å². The highest BCUT2D eigenvalue weighted by atomic mass is 16.2. The van der Waals surface area contributed by atoms with Gasteiger partial charge < -0.3 is 4.90 Å². The van der Waals surface area contributed by atoms with Crippen LogP contribution in [-0.2, 0) is 0 Å². The first-order valence-corrected chi connectivity index (χ1v) is 5.76. The maximum absolute atomic E-state index is 12.2. The number of aromatic amines is 1. The van der Waals surface area contributed by atoms with Crippen LogP contribution in [0.15, 0.2) is 29.1 Å². The monoisotopic (exact) mass is 231 g/mol. The third-order valence-electron chi connectivity index (χ3n) is 3.17. The van der Waals surface area contributed by atoms with Crippen molar-refractivity contribution in [3.05, 3.63) is 34.6 Å². The zero-order valence-electron chi connectivity index (χ0n) is 9.35. The van der Waals surface area contributed by atoms with Gasteiger partial charge in [-0.3, -0.25) is 9.89 Å². The molecule has 88 valence electrons. The Hall–Kier alpha value is -2.04. The lowest BCUT2D eigenvalue weighted by Gasteiger charge is -2.15. The second-order valence-corrected chi connectivity index (χ2v) is 4.27. The Labute approximate surface area is 97.6 Å². The lowest BCUT2D eigenvalue weighted by atomic mass is 10.2. The number of fused-ring (bicyclic) bond motifs is 1. The van der Waals surface area contributed by atoms with Gasteiger partial charge in [0.1, 0.15) is 0 Å². The first-order chi connectivity index (χ1) is 8.27. The van der Waals surface area contributed by atoms with E-state index in [0.717, 1.165) is 25.9 Å². The minimum atomic E-state index is -0.215. The molecule has 0 unspecified atom stereocenters. The molecule has 5 nitrogen and oxygen atoms in total. The smallest absolute Gasteiger partial charge is 0.323 e. The van der Waals surface area contributed by atoms with Gasteiger partial charge in [-0.25, -0.2) is 9.48 Å². The first-order valence-electron chi connectivity index (χ1n) is 5.76. The molecule has 1 aliphatic heterocycles. The molecule has 0 bridgehead atoms. The van der Waals surface area contributed by atoms with Crippen molar-refractivity contribution in [2.24, 2.45) is 0 Å². The van der Waals surface area contributed by atoms with Gasteiger partial charge in [-0.2, -0.15) is 0 Å². The molecular weight excluding hydrogens is 218 g/mol. The van der Waals surface area contributed by atoms with Gasteiger partial charge in [0.05, 0.1) is 10.9 Å². The van der Waals surface area contributed by atoms with Gasteiger partial charge in [0.25, 0.3) is 5.56 Å². The van der Waals surface area contributed by atoms with E-state index < -0.39 is 0 Å². The third kappa shape index (κ3) is 1.54. The van der Waals surface area contributed by atoms with Crippen molar-refractivity contribution in [3.63, 3.8) is 0 Å². The van der Waals surface area contributed by atoms with Crippen LogP contribution in [-0.4, -0.2) is 33.8 Å². The summed E-state index contributed by atoms with van der Waals surface area (Å²) < 4.78 is 1.35. The Bertz CT molecular complexity index is 620. The molecule has 1 aromatic heterocycles. The van der Waals surface area contributed by atoms with E-state index in [0.29, 0.717) is 10.9 Å². The zero-order chi connectivity index (χ0) is 11.8. The van der Waals surface area contributed by atoms with Gasteiger partial charge in [-0.05, 0) is 25.0 Å². The Morgan fingerprint density at radius 2 is 1.88 bits per heavy atom. The summed E-state index contributed by atoms with van der Waals surface area (Å²) in [5.74, 6) is 0. The highest BCUT2D eigenvalue weighted by Gasteiger charge is 2.21. The summed E-state index contributed by atoms with van der Waals surface area (Å²) in [5.41, 5.74) is 0.433. The number of para-hydroxylation sites is 1. The Morgan fingerprint density at radius 1 is 1.18 bits per heavy atom. The summed E-state index contributed by atoms with van der Waals surface area (Å²) in [4.78, 5) is 25.6. The van der Waals surface area contributed by atoms with Crippen LogP contribution in [0.5, 0.6) is 0 Å². The summed E-state index contributed by atoms with van der Waals surface area (Å²) in [5, 5.41) is 3.15. The molecule has 0 spiro atoms. The third-order valence-corrected chi connectivity index (χ3v) is 3.17. The molecule has 3 rings (SSSR count). The maximum Gasteiger partial charge on any atom is 0.343 e. The second-order valence-electron chi connectivity index (χ2n) is 4.27. The second kappa shape index (κ2) is 3.76. The van der Waals surface area contributed by atoms with Crippen molar-refractivity contribution in [2.75, 3.05) is 13.1 Å². The number of H-pyrrole nitrogens is 1. The highest BCUT2D eigenvalue weighted by molar-refractivity contribution is 5.89. The number of aromatic nitrogens is 2. The molecule has 1 saturated heterocycles. The van der Waals surface area contributed by atoms with Crippen LogP contribution in [0.4, 0.5) is 4.79 Å². The van der Waals surface area contributed by atoms with Crippen molar-refractivity contribution in [1.82, 2.24) is 14.7 Å². The van der Waals surface area contributed by atoms with Crippen molar-refractivity contribution in [1.29, 1.82) is 0 Å². The number of carbonyl (C=O) groups is 1. The molecule has 1 fully saturated rings. The molecule has 1 aliphatic rings. The summed E-state index contributed by atoms with van der Waals surface area (Å²) >= 11 is 0. The van der Waals surface area contributed by atoms with Crippen LogP contribution in [0, 0.1) is 0 Å². The van der Waals surface area contributed by atoms with Crippen molar-refractivity contribution in [2.45, 2.75) is 12.8 Å². The molecule has 5 heteroatoms. The van der Waals surface area contributed by atoms with Crippen LogP contribution >= 0.6 is 0 Å². The highest BCUT2D eigenvalue weighted by Crippen LogP contribution is 2.13. The molecule has 1 aromatic carbocycles. The number of nitrogens with one attached hydrogen (secondary N) is 1. The minimum Gasteiger partial charge on any atom is -0.323 e. The summed E-state index contributed by atoms with van der Waals surface area (Å²) in [6.07, 6.45) is 2.07. The fourth-order valence-electron chi connectivity index (χ4n) is 2.28. The summed E-state index contributed by atoms with van der Waals surface area (Å²) in [7, 11) is 0. The van der Waals surface area contributed by atoms with E-state index in [1.165, 1.54) is 4.68 Å². The van der Waals surface area contributed by atoms with Crippen LogP contribution in [0.1, 0.15) is 12.8 Å². The summed E-state index contributed by atoms with van der Waals surface area (Å²) in [6, 6.07) is 6.98. The molecule has 0 saturated carbocycles. The van der Waals surface area contributed by atoms with Gasteiger partial charge in [0.2, 0.25) is 0 Å². The number of amides is 1. The zero-order valence-corrected chi connectivity index (χ0v) is 9.35. The van der Waals surface area contributed by atoms with E-state index in [-0.39, 0.29) is 11.6 Å². The number of rotatable bonds is 0. The van der Waals surface area contributed by atoms with Gasteiger partial charge >= 0.3 is 6.03 Å². The number of likely N-dealkylation sites (tertiary alicyclic amines) is 1. The Kier molecular flexibility index (Phi) is 2.24. The molecule has 2 heterocycles. The van der Waals surface area contributed by atoms with Crippen LogP contribution < -0.4 is 5.56 Å². The van der Waals surface area contributed by atoms with Gasteiger partial charge in [0, 0.05) is 13.1 Å². The number of benzene rings is 1. The van der Waals surface area contributed by atoms with Crippen LogP contribution in [0.3, 0.4) is 0 Å². The maximum atomic E-state index is 12.2. The molecule has 1 N–H and O–H groups in total. The average Bonchev–Trinajstić information content (AvgIpc) is 2.97. The SMILES string of the molecule is O=C(N1CCCC1)n1[nH]c(=O)c2ccccc21. The van der Waals surface area contributed by atoms with Gasteiger partial charge in [0.15, 0.2) is 0 Å². The van der Waals surface area contributed by atoms with E-state index in [2.05, 4.69) is 5.10 Å². The lowest BCUT2D eigenvalue weighted by Crippen LogP contribution is -2.33. The molecule has 0 radical (unpaired) electrons. The van der Waals surface area contributed by atoms with Crippen molar-refractivity contribution < 1.29 is 4.79 Å². The number of hydrogen-bond donors (Lipinski definition) is 1. The lowest BCUT2D eigenvalue weighted by molar-refractivity contribution is 0.208. The van der Waals surface area contributed by atoms with E-state index >= 15 is 0 Å². The van der Waals surface area contributed by atoms with Crippen molar-refractivity contribution in [3.8, 4) is 0 Å². The molecule has 0 atom stereocenters. The Morgan fingerprint density at radius 3 is 2.65 bits per heavy atom. The number of nitrogens with zero attached hydrogens (tertiary/aromatic N) is 2. The summed E-state index contributed by atoms with van der Waals surface area (Å²) in [6.45, 7) is 1.54. The van der Waals surface area contributed by atoms with E-state index in [4.69, 9.17) is 0 Å². The molecule has 1 amide bonds. The van der Waals surface area contributed by atoms with E-state index in [1.807, 2.05) is 6.07 Å². The Balaban J connectivity index is 2.11. The molecule has 17 heavy (non-hydrogen) atoms. The normalized spacial score (nSPS) is 15.6. The van der Waals surface area contributed by atoms with Gasteiger partial charge in [-0.15, -0.1) is 0 Å². The first kappa shape index (κ1) is 10.1. The van der Waals surface area contributed by atoms with E-state index in [1.54, 1.807) is 23.1 Å². The molecule has 2 aromatic rings. The number of hydrogen-bond acceptors (Lipinski definition) is 2. The van der Waals surface area contributed by atoms with Crippen LogP contribution in [0.2, 0.25) is 0 Å². The fourth-order valence-corrected chi connectivity index (χ4v) is 2.28. The van der Waals surface area contributed by atoms with Crippen molar-refractivity contribution >= 4 is 16.9 Å². The average molecular weight is 231 g/mol. The molecular formula is C12H13N3O2. The van der Waals surface area contributed by atoms with Gasteiger partial charge in [-0.1, -0.05) is 12.1 Å². The fraction of sp³-hybridized carbons (Fsp3) is 0.333. The largest absolute Gasteiger partial charge is 0.343 e. The predicted molar refractivity (Wildman–Crippen MR) is 64.2 cm³/mol. The van der Waals surface area contributed by atoms with Crippen LogP contribution in [0.25, 0.3) is 10.9 Å². The molecule has 0 aliphatic carbocycles.